The lowest BCUT2D eigenvalue weighted by molar-refractivity contribution is -0.122. The molecule has 0 saturated heterocycles. The van der Waals surface area contributed by atoms with Crippen LogP contribution in [0.2, 0.25) is 0 Å². The van der Waals surface area contributed by atoms with Gasteiger partial charge in [-0.15, -0.1) is 0 Å². The Morgan fingerprint density at radius 3 is 2.06 bits per heavy atom. The van der Waals surface area contributed by atoms with Crippen molar-refractivity contribution in [3.05, 3.63) is 23.8 Å². The first kappa shape index (κ1) is 13.7. The number of halogens is 2. The van der Waals surface area contributed by atoms with Crippen molar-refractivity contribution in [1.29, 1.82) is 0 Å². The summed E-state index contributed by atoms with van der Waals surface area (Å²) >= 11 is 0. The summed E-state index contributed by atoms with van der Waals surface area (Å²) in [5.74, 6) is -2.58. The number of methoxy groups -OCH3 is 3. The van der Waals surface area contributed by atoms with E-state index in [9.17, 15) is 8.78 Å². The smallest absolute Gasteiger partial charge is 0.204 e. The van der Waals surface area contributed by atoms with Crippen molar-refractivity contribution in [2.75, 3.05) is 27.9 Å². The van der Waals surface area contributed by atoms with Crippen molar-refractivity contribution in [1.82, 2.24) is 0 Å². The van der Waals surface area contributed by atoms with Gasteiger partial charge in [-0.2, -0.15) is 8.78 Å². The highest BCUT2D eigenvalue weighted by Crippen LogP contribution is 2.27. The lowest BCUT2D eigenvalue weighted by atomic mass is 10.3. The topological polar surface area (TPSA) is 36.9 Å². The van der Waals surface area contributed by atoms with Crippen LogP contribution in [0.4, 0.5) is 8.78 Å². The van der Waals surface area contributed by atoms with Crippen LogP contribution in [-0.4, -0.2) is 34.2 Å². The molecule has 96 valence electrons. The normalized spacial score (nSPS) is 10.7. The largest absolute Gasteiger partial charge is 0.494 e. The van der Waals surface area contributed by atoms with Crippen molar-refractivity contribution >= 4 is 0 Å². The Balaban J connectivity index is 2.75. The first-order valence-corrected chi connectivity index (χ1v) is 4.84. The van der Waals surface area contributed by atoms with Gasteiger partial charge in [-0.3, -0.25) is 0 Å². The molecule has 0 saturated carbocycles. The Morgan fingerprint density at radius 1 is 1.00 bits per heavy atom. The summed E-state index contributed by atoms with van der Waals surface area (Å²) in [6.45, 7) is -0.0459. The monoisotopic (exact) mass is 248 g/mol. The van der Waals surface area contributed by atoms with Crippen molar-refractivity contribution in [2.24, 2.45) is 0 Å². The van der Waals surface area contributed by atoms with E-state index in [2.05, 4.69) is 4.74 Å². The third-order valence-corrected chi connectivity index (χ3v) is 2.13. The van der Waals surface area contributed by atoms with Gasteiger partial charge >= 0.3 is 0 Å². The maximum atomic E-state index is 13.4. The Labute approximate surface area is 98.0 Å². The lowest BCUT2D eigenvalue weighted by Crippen LogP contribution is -2.22. The second kappa shape index (κ2) is 6.36. The molecule has 0 spiro atoms. The van der Waals surface area contributed by atoms with E-state index in [4.69, 9.17) is 14.2 Å². The Bertz CT molecular complexity index is 367. The van der Waals surface area contributed by atoms with E-state index in [-0.39, 0.29) is 18.1 Å². The molecule has 0 aliphatic carbocycles. The summed E-state index contributed by atoms with van der Waals surface area (Å²) in [5, 5.41) is 0. The Hall–Kier alpha value is -1.40. The van der Waals surface area contributed by atoms with Crippen molar-refractivity contribution < 1.29 is 27.7 Å². The lowest BCUT2D eigenvalue weighted by Gasteiger charge is -2.15. The zero-order valence-corrected chi connectivity index (χ0v) is 9.83. The molecule has 0 aliphatic rings. The molecule has 1 aromatic rings. The van der Waals surface area contributed by atoms with Crippen LogP contribution in [0.15, 0.2) is 12.1 Å². The molecule has 0 amide bonds. The predicted octanol–water partition coefficient (Wildman–Crippen LogP) is 1.97. The third kappa shape index (κ3) is 3.28. The van der Waals surface area contributed by atoms with Gasteiger partial charge in [0.05, 0.1) is 7.11 Å². The van der Waals surface area contributed by atoms with E-state index in [1.807, 2.05) is 0 Å². The maximum Gasteiger partial charge on any atom is 0.204 e. The molecule has 0 N–H and O–H groups in total. The molecule has 6 heteroatoms. The molecule has 4 nitrogen and oxygen atoms in total. The third-order valence-electron chi connectivity index (χ3n) is 2.13. The van der Waals surface area contributed by atoms with Crippen LogP contribution < -0.4 is 9.47 Å². The van der Waals surface area contributed by atoms with Gasteiger partial charge in [0.2, 0.25) is 11.6 Å². The molecule has 0 atom stereocenters. The molecule has 0 unspecified atom stereocenters. The zero-order valence-electron chi connectivity index (χ0n) is 9.83. The molecular weight excluding hydrogens is 234 g/mol. The standard InChI is InChI=1S/C11H14F2O4/c1-14-7-4-5-8(11(13)10(7)12)17-6-9(15-2)16-3/h4-5,9H,6H2,1-3H3. The summed E-state index contributed by atoms with van der Waals surface area (Å²) in [5.41, 5.74) is 0. The fourth-order valence-electron chi connectivity index (χ4n) is 1.17. The second-order valence-electron chi connectivity index (χ2n) is 3.11. The molecule has 0 aliphatic heterocycles. The highest BCUT2D eigenvalue weighted by atomic mass is 19.2. The van der Waals surface area contributed by atoms with Gasteiger partial charge in [0.15, 0.2) is 17.8 Å². The minimum Gasteiger partial charge on any atom is -0.494 e. The van der Waals surface area contributed by atoms with E-state index >= 15 is 0 Å². The van der Waals surface area contributed by atoms with E-state index in [1.54, 1.807) is 0 Å². The molecule has 0 heterocycles. The van der Waals surface area contributed by atoms with Crippen LogP contribution in [0.5, 0.6) is 11.5 Å². The first-order chi connectivity index (χ1) is 8.13. The van der Waals surface area contributed by atoms with Gasteiger partial charge in [-0.25, -0.2) is 0 Å². The molecule has 17 heavy (non-hydrogen) atoms. The average molecular weight is 248 g/mol. The number of benzene rings is 1. The summed E-state index contributed by atoms with van der Waals surface area (Å²) in [6, 6.07) is 2.56. The Kier molecular flexibility index (Phi) is 5.11. The number of rotatable bonds is 6. The van der Waals surface area contributed by atoms with E-state index in [0.29, 0.717) is 0 Å². The second-order valence-corrected chi connectivity index (χ2v) is 3.11. The van der Waals surface area contributed by atoms with E-state index < -0.39 is 17.9 Å². The van der Waals surface area contributed by atoms with Crippen LogP contribution in [0, 0.1) is 11.6 Å². The molecule has 0 radical (unpaired) electrons. The van der Waals surface area contributed by atoms with Crippen molar-refractivity contribution in [3.63, 3.8) is 0 Å². The quantitative estimate of drug-likeness (QED) is 0.721. The van der Waals surface area contributed by atoms with Gasteiger partial charge in [-0.1, -0.05) is 0 Å². The molecule has 0 bridgehead atoms. The first-order valence-electron chi connectivity index (χ1n) is 4.84. The van der Waals surface area contributed by atoms with Crippen LogP contribution in [0.3, 0.4) is 0 Å². The summed E-state index contributed by atoms with van der Waals surface area (Å²) in [4.78, 5) is 0. The highest BCUT2D eigenvalue weighted by Gasteiger charge is 2.16. The van der Waals surface area contributed by atoms with Crippen LogP contribution >= 0.6 is 0 Å². The summed E-state index contributed by atoms with van der Waals surface area (Å²) in [7, 11) is 4.09. The fraction of sp³-hybridized carbons (Fsp3) is 0.455. The fourth-order valence-corrected chi connectivity index (χ4v) is 1.17. The number of hydrogen-bond donors (Lipinski definition) is 0. The molecule has 0 aromatic heterocycles. The average Bonchev–Trinajstić information content (AvgIpc) is 2.35. The van der Waals surface area contributed by atoms with Crippen LogP contribution in [-0.2, 0) is 9.47 Å². The van der Waals surface area contributed by atoms with Gasteiger partial charge < -0.3 is 18.9 Å². The minimum absolute atomic E-state index is 0.0459. The van der Waals surface area contributed by atoms with E-state index in [0.717, 1.165) is 0 Å². The van der Waals surface area contributed by atoms with Crippen molar-refractivity contribution in [3.8, 4) is 11.5 Å². The highest BCUT2D eigenvalue weighted by molar-refractivity contribution is 5.34. The summed E-state index contributed by atoms with van der Waals surface area (Å²) < 4.78 is 46.1. The molecule has 1 aromatic carbocycles. The van der Waals surface area contributed by atoms with E-state index in [1.165, 1.54) is 33.5 Å². The van der Waals surface area contributed by atoms with Crippen molar-refractivity contribution in [2.45, 2.75) is 6.29 Å². The van der Waals surface area contributed by atoms with Gasteiger partial charge in [0.1, 0.15) is 6.61 Å². The predicted molar refractivity (Wildman–Crippen MR) is 56.2 cm³/mol. The molecular formula is C11H14F2O4. The van der Waals surface area contributed by atoms with Gasteiger partial charge in [-0.05, 0) is 12.1 Å². The Morgan fingerprint density at radius 2 is 1.53 bits per heavy atom. The van der Waals surface area contributed by atoms with Crippen LogP contribution in [0.1, 0.15) is 0 Å². The van der Waals surface area contributed by atoms with Crippen LogP contribution in [0.25, 0.3) is 0 Å². The minimum atomic E-state index is -1.10. The molecule has 1 rings (SSSR count). The summed E-state index contributed by atoms with van der Waals surface area (Å²) in [6.07, 6.45) is -0.639. The van der Waals surface area contributed by atoms with Gasteiger partial charge in [0, 0.05) is 14.2 Å². The van der Waals surface area contributed by atoms with Gasteiger partial charge in [0.25, 0.3) is 0 Å². The molecule has 0 fully saturated rings. The maximum absolute atomic E-state index is 13.4. The zero-order chi connectivity index (χ0) is 12.8. The SMILES string of the molecule is COc1ccc(OCC(OC)OC)c(F)c1F. The number of hydrogen-bond acceptors (Lipinski definition) is 4. The number of ether oxygens (including phenoxy) is 4.